The number of thioether (sulfide) groups is 1. The molecule has 1 aliphatic rings. The van der Waals surface area contributed by atoms with Crippen LogP contribution in [0.5, 0.6) is 11.5 Å². The number of esters is 1. The van der Waals surface area contributed by atoms with E-state index in [1.54, 1.807) is 0 Å². The lowest BCUT2D eigenvalue weighted by Crippen LogP contribution is -2.34. The summed E-state index contributed by atoms with van der Waals surface area (Å²) < 4.78 is 40.5. The van der Waals surface area contributed by atoms with E-state index in [0.29, 0.717) is 22.3 Å². The van der Waals surface area contributed by atoms with Crippen LogP contribution in [0.1, 0.15) is 5.56 Å². The Morgan fingerprint density at radius 2 is 1.85 bits per heavy atom. The number of imide groups is 1. The fraction of sp³-hybridized carbons (Fsp3) is 0.150. The Balaban J connectivity index is 1.91. The second-order valence-corrected chi connectivity index (χ2v) is 10.2. The molecule has 2 amide bonds. The number of hydrogen-bond acceptors (Lipinski definition) is 9. The Kier molecular flexibility index (Phi) is 7.73. The molecule has 174 valence electrons. The molecule has 0 aliphatic carbocycles. The predicted molar refractivity (Wildman–Crippen MR) is 125 cm³/mol. The second kappa shape index (κ2) is 10.2. The van der Waals surface area contributed by atoms with E-state index < -0.39 is 33.8 Å². The summed E-state index contributed by atoms with van der Waals surface area (Å²) in [6, 6.07) is 8.36. The van der Waals surface area contributed by atoms with Crippen LogP contribution in [0.2, 0.25) is 5.02 Å². The number of amides is 2. The molecule has 0 bridgehead atoms. The van der Waals surface area contributed by atoms with E-state index in [2.05, 4.69) is 20.7 Å². The van der Waals surface area contributed by atoms with Gasteiger partial charge in [0.1, 0.15) is 11.4 Å². The van der Waals surface area contributed by atoms with E-state index in [1.807, 2.05) is 0 Å². The van der Waals surface area contributed by atoms with Gasteiger partial charge in [0.05, 0.1) is 23.6 Å². The van der Waals surface area contributed by atoms with Crippen LogP contribution in [0.15, 0.2) is 50.7 Å². The summed E-state index contributed by atoms with van der Waals surface area (Å²) in [4.78, 5) is 36.7. The van der Waals surface area contributed by atoms with Gasteiger partial charge in [-0.05, 0) is 75.7 Å². The van der Waals surface area contributed by atoms with Gasteiger partial charge in [0, 0.05) is 5.02 Å². The smallest absolute Gasteiger partial charge is 0.339 e. The highest BCUT2D eigenvalue weighted by Crippen LogP contribution is 2.40. The predicted octanol–water partition coefficient (Wildman–Crippen LogP) is 4.09. The first-order valence-electron chi connectivity index (χ1n) is 8.95. The molecule has 0 aromatic heterocycles. The third-order valence-electron chi connectivity index (χ3n) is 4.23. The summed E-state index contributed by atoms with van der Waals surface area (Å²) in [7, 11) is -1.73. The van der Waals surface area contributed by atoms with Gasteiger partial charge in [-0.2, -0.15) is 8.42 Å². The van der Waals surface area contributed by atoms with E-state index in [1.165, 1.54) is 49.6 Å². The molecule has 1 heterocycles. The van der Waals surface area contributed by atoms with Crippen molar-refractivity contribution < 1.29 is 36.5 Å². The van der Waals surface area contributed by atoms with Crippen molar-refractivity contribution in [2.45, 2.75) is 4.90 Å². The molecule has 2 aromatic rings. The van der Waals surface area contributed by atoms with Gasteiger partial charge < -0.3 is 13.7 Å². The highest BCUT2D eigenvalue weighted by atomic mass is 79.9. The number of rotatable bonds is 7. The quantitative estimate of drug-likeness (QED) is 0.273. The van der Waals surface area contributed by atoms with Crippen molar-refractivity contribution in [3.05, 3.63) is 56.4 Å². The summed E-state index contributed by atoms with van der Waals surface area (Å²) in [5, 5.41) is -0.246. The van der Waals surface area contributed by atoms with E-state index in [9.17, 15) is 22.8 Å². The Bertz CT molecular complexity index is 1260. The van der Waals surface area contributed by atoms with Gasteiger partial charge in [0.2, 0.25) is 0 Å². The van der Waals surface area contributed by atoms with Crippen molar-refractivity contribution in [2.24, 2.45) is 0 Å². The topological polar surface area (TPSA) is 116 Å². The van der Waals surface area contributed by atoms with Gasteiger partial charge in [-0.3, -0.25) is 19.3 Å². The first kappa shape index (κ1) is 25.1. The zero-order valence-corrected chi connectivity index (χ0v) is 21.0. The van der Waals surface area contributed by atoms with Crippen LogP contribution in [0.3, 0.4) is 0 Å². The largest absolute Gasteiger partial charge is 0.493 e. The first-order valence-corrected chi connectivity index (χ1v) is 12.3. The van der Waals surface area contributed by atoms with E-state index in [0.717, 1.165) is 12.0 Å². The molecule has 13 heteroatoms. The molecule has 0 radical (unpaired) electrons. The van der Waals surface area contributed by atoms with Crippen molar-refractivity contribution >= 4 is 72.6 Å². The van der Waals surface area contributed by atoms with E-state index in [4.69, 9.17) is 20.5 Å². The number of carbonyl (C=O) groups excluding carboxylic acids is 3. The summed E-state index contributed by atoms with van der Waals surface area (Å²) in [6.45, 7) is -0.499. The molecular formula is C20H15BrClNO8S2. The summed E-state index contributed by atoms with van der Waals surface area (Å²) in [5.41, 5.74) is 0.415. The van der Waals surface area contributed by atoms with Crippen molar-refractivity contribution in [1.29, 1.82) is 0 Å². The Morgan fingerprint density at radius 1 is 1.18 bits per heavy atom. The molecule has 3 rings (SSSR count). The number of halogens is 2. The Morgan fingerprint density at radius 3 is 2.45 bits per heavy atom. The minimum atomic E-state index is -4.20. The van der Waals surface area contributed by atoms with Crippen LogP contribution in [-0.2, 0) is 24.4 Å². The number of methoxy groups -OCH3 is 2. The van der Waals surface area contributed by atoms with Crippen LogP contribution < -0.4 is 8.92 Å². The molecule has 1 saturated heterocycles. The molecule has 0 spiro atoms. The van der Waals surface area contributed by atoms with Crippen molar-refractivity contribution in [1.82, 2.24) is 4.90 Å². The maximum atomic E-state index is 12.6. The van der Waals surface area contributed by atoms with Crippen molar-refractivity contribution in [3.63, 3.8) is 0 Å². The van der Waals surface area contributed by atoms with Crippen LogP contribution in [-0.4, -0.2) is 51.2 Å². The molecular weight excluding hydrogens is 562 g/mol. The molecule has 1 fully saturated rings. The fourth-order valence-corrected chi connectivity index (χ4v) is 5.21. The third kappa shape index (κ3) is 5.69. The molecule has 9 nitrogen and oxygen atoms in total. The zero-order valence-electron chi connectivity index (χ0n) is 17.0. The monoisotopic (exact) mass is 575 g/mol. The molecule has 2 aromatic carbocycles. The van der Waals surface area contributed by atoms with Crippen molar-refractivity contribution in [2.75, 3.05) is 20.8 Å². The summed E-state index contributed by atoms with van der Waals surface area (Å²) >= 11 is 9.71. The maximum absolute atomic E-state index is 12.6. The number of nitrogens with zero attached hydrogens (tertiary/aromatic N) is 1. The number of carbonyl (C=O) groups is 3. The second-order valence-electron chi connectivity index (χ2n) is 6.37. The molecule has 0 unspecified atom stereocenters. The van der Waals surface area contributed by atoms with Gasteiger partial charge in [-0.15, -0.1) is 0 Å². The number of hydrogen-bond donors (Lipinski definition) is 0. The minimum Gasteiger partial charge on any atom is -0.493 e. The third-order valence-corrected chi connectivity index (χ3v) is 7.22. The molecule has 1 aliphatic heterocycles. The fourth-order valence-electron chi connectivity index (χ4n) is 2.64. The number of ether oxygens (including phenoxy) is 2. The molecule has 0 atom stereocenters. The minimum absolute atomic E-state index is 0.0574. The summed E-state index contributed by atoms with van der Waals surface area (Å²) in [5.74, 6) is -1.44. The Hall–Kier alpha value is -2.54. The van der Waals surface area contributed by atoms with Gasteiger partial charge in [0.15, 0.2) is 11.5 Å². The van der Waals surface area contributed by atoms with Crippen molar-refractivity contribution in [3.8, 4) is 11.5 Å². The lowest BCUT2D eigenvalue weighted by Gasteiger charge is -2.13. The normalized spacial score (nSPS) is 15.2. The van der Waals surface area contributed by atoms with Gasteiger partial charge in [-0.25, -0.2) is 0 Å². The lowest BCUT2D eigenvalue weighted by molar-refractivity contribution is -0.143. The van der Waals surface area contributed by atoms with Crippen LogP contribution in [0, 0.1) is 0 Å². The van der Waals surface area contributed by atoms with Crippen LogP contribution in [0.25, 0.3) is 6.08 Å². The average Bonchev–Trinajstić information content (AvgIpc) is 3.02. The Labute approximate surface area is 206 Å². The molecule has 0 saturated carbocycles. The number of benzene rings is 2. The van der Waals surface area contributed by atoms with Gasteiger partial charge in [-0.1, -0.05) is 11.6 Å². The highest BCUT2D eigenvalue weighted by molar-refractivity contribution is 9.10. The lowest BCUT2D eigenvalue weighted by atomic mass is 10.2. The standard InChI is InChI=1S/C20H15BrClNO8S2/c1-29-15-8-11(9-16-19(25)23(20(26)32-16)10-17(24)30-2)7-14(21)18(15)31-33(27,28)13-5-3-12(22)4-6-13/h3-9H,10H2,1-2H3/b16-9-. The highest BCUT2D eigenvalue weighted by Gasteiger charge is 2.36. The van der Waals surface area contributed by atoms with Crippen LogP contribution in [0.4, 0.5) is 4.79 Å². The maximum Gasteiger partial charge on any atom is 0.339 e. The summed E-state index contributed by atoms with van der Waals surface area (Å²) in [6.07, 6.45) is 1.41. The van der Waals surface area contributed by atoms with E-state index >= 15 is 0 Å². The van der Waals surface area contributed by atoms with Gasteiger partial charge >= 0.3 is 16.1 Å². The van der Waals surface area contributed by atoms with E-state index in [-0.39, 0.29) is 25.8 Å². The first-order chi connectivity index (χ1) is 15.6. The van der Waals surface area contributed by atoms with Gasteiger partial charge in [0.25, 0.3) is 11.1 Å². The average molecular weight is 577 g/mol. The van der Waals surface area contributed by atoms with Crippen LogP contribution >= 0.6 is 39.3 Å². The SMILES string of the molecule is COC(=O)CN1C(=O)S/C(=C\c2cc(Br)c(OS(=O)(=O)c3ccc(Cl)cc3)c(OC)c2)C1=O. The molecule has 0 N–H and O–H groups in total. The molecule has 33 heavy (non-hydrogen) atoms. The zero-order chi connectivity index (χ0) is 24.3.